The van der Waals surface area contributed by atoms with Crippen molar-refractivity contribution in [2.45, 2.75) is 5.88 Å². The van der Waals surface area contributed by atoms with Crippen LogP contribution in [0.2, 0.25) is 0 Å². The first kappa shape index (κ1) is 7.23. The number of nitrogens with zero attached hydrogens (tertiary/aromatic N) is 2. The van der Waals surface area contributed by atoms with Gasteiger partial charge in [-0.25, -0.2) is 0 Å². The molecule has 1 atom stereocenters. The molecule has 1 rings (SSSR count). The quantitative estimate of drug-likeness (QED) is 0.580. The van der Waals surface area contributed by atoms with Crippen molar-refractivity contribution in [2.75, 3.05) is 5.73 Å². The maximum atomic E-state index is 10.1. The molecule has 0 aromatic carbocycles. The Morgan fingerprint density at radius 3 is 3.00 bits per heavy atom. The third-order valence-electron chi connectivity index (χ3n) is 0.891. The Morgan fingerprint density at radius 1 is 1.90 bits per heavy atom. The summed E-state index contributed by atoms with van der Waals surface area (Å²) in [5.74, 6) is -0.142. The monoisotopic (exact) mass is 160 g/mol. The molecule has 0 aliphatic carbocycles. The first-order valence-electron chi connectivity index (χ1n) is 2.52. The lowest BCUT2D eigenvalue weighted by atomic mass is 10.6. The minimum atomic E-state index is -2.11. The normalized spacial score (nSPS) is 13.3. The standard InChI is InChI=1S/C4H7N3O2S/c5-4-1-6-7(2-4)3-10(8)9/h1-2H,3,5H2,(H,8,9)/p-1. The molecule has 0 bridgehead atoms. The molecule has 1 aromatic heterocycles. The predicted octanol–water partition coefficient (Wildman–Crippen LogP) is -0.698. The summed E-state index contributed by atoms with van der Waals surface area (Å²) in [5.41, 5.74) is 5.73. The van der Waals surface area contributed by atoms with Crippen LogP contribution in [-0.2, 0) is 17.0 Å². The maximum absolute atomic E-state index is 10.1. The van der Waals surface area contributed by atoms with Gasteiger partial charge in [-0.05, 0) is 11.1 Å². The molecule has 56 valence electrons. The second-order valence-corrected chi connectivity index (χ2v) is 2.61. The highest BCUT2D eigenvalue weighted by atomic mass is 32.2. The lowest BCUT2D eigenvalue weighted by Gasteiger charge is -2.02. The van der Waals surface area contributed by atoms with Crippen molar-refractivity contribution >= 4 is 16.8 Å². The van der Waals surface area contributed by atoms with Crippen LogP contribution in [0, 0.1) is 0 Å². The molecule has 1 aromatic rings. The van der Waals surface area contributed by atoms with Crippen LogP contribution in [-0.4, -0.2) is 18.5 Å². The molecule has 1 unspecified atom stereocenters. The largest absolute Gasteiger partial charge is 0.771 e. The van der Waals surface area contributed by atoms with E-state index < -0.39 is 11.1 Å². The van der Waals surface area contributed by atoms with Crippen molar-refractivity contribution in [1.82, 2.24) is 9.78 Å². The van der Waals surface area contributed by atoms with Gasteiger partial charge < -0.3 is 10.3 Å². The van der Waals surface area contributed by atoms with Crippen LogP contribution in [0.25, 0.3) is 0 Å². The predicted molar refractivity (Wildman–Crippen MR) is 35.6 cm³/mol. The average molecular weight is 160 g/mol. The molecule has 6 heteroatoms. The molecule has 2 N–H and O–H groups in total. The van der Waals surface area contributed by atoms with Crippen LogP contribution in [0.1, 0.15) is 0 Å². The number of hydrogen-bond acceptors (Lipinski definition) is 4. The first-order valence-corrected chi connectivity index (χ1v) is 3.76. The highest BCUT2D eigenvalue weighted by molar-refractivity contribution is 7.78. The van der Waals surface area contributed by atoms with Crippen LogP contribution in [0.3, 0.4) is 0 Å². The zero-order valence-corrected chi connectivity index (χ0v) is 5.87. The Balaban J connectivity index is 2.67. The van der Waals surface area contributed by atoms with Gasteiger partial charge in [-0.3, -0.25) is 8.89 Å². The molecule has 0 saturated carbocycles. The van der Waals surface area contributed by atoms with Crippen molar-refractivity contribution < 1.29 is 8.76 Å². The molecular weight excluding hydrogens is 154 g/mol. The Kier molecular flexibility index (Phi) is 2.03. The molecule has 10 heavy (non-hydrogen) atoms. The van der Waals surface area contributed by atoms with E-state index in [1.807, 2.05) is 0 Å². The molecule has 5 nitrogen and oxygen atoms in total. The zero-order valence-electron chi connectivity index (χ0n) is 5.06. The molecular formula is C4H6N3O2S-. The second-order valence-electron chi connectivity index (χ2n) is 1.75. The van der Waals surface area contributed by atoms with Gasteiger partial charge in [0.15, 0.2) is 0 Å². The summed E-state index contributed by atoms with van der Waals surface area (Å²) in [6.45, 7) is 0. The Hall–Kier alpha value is -0.880. The summed E-state index contributed by atoms with van der Waals surface area (Å²) in [6.07, 6.45) is 2.85. The van der Waals surface area contributed by atoms with Crippen LogP contribution in [0.15, 0.2) is 12.4 Å². The summed E-state index contributed by atoms with van der Waals surface area (Å²) >= 11 is -2.11. The smallest absolute Gasteiger partial charge is 0.103 e. The van der Waals surface area contributed by atoms with Crippen LogP contribution >= 0.6 is 0 Å². The number of nitrogens with two attached hydrogens (primary N) is 1. The number of hydrogen-bond donors (Lipinski definition) is 1. The lowest BCUT2D eigenvalue weighted by molar-refractivity contribution is 0.520. The minimum Gasteiger partial charge on any atom is -0.771 e. The second kappa shape index (κ2) is 2.80. The number of anilines is 1. The van der Waals surface area contributed by atoms with Gasteiger partial charge >= 0.3 is 0 Å². The van der Waals surface area contributed by atoms with Gasteiger partial charge in [0.05, 0.1) is 11.9 Å². The third-order valence-corrected chi connectivity index (χ3v) is 1.37. The van der Waals surface area contributed by atoms with Crippen LogP contribution in [0.5, 0.6) is 0 Å². The van der Waals surface area contributed by atoms with E-state index in [0.29, 0.717) is 5.69 Å². The van der Waals surface area contributed by atoms with Gasteiger partial charge in [-0.1, -0.05) is 0 Å². The molecule has 0 fully saturated rings. The van der Waals surface area contributed by atoms with Gasteiger partial charge in [0.1, 0.15) is 5.88 Å². The Bertz CT molecular complexity index is 246. The first-order chi connectivity index (χ1) is 4.68. The van der Waals surface area contributed by atoms with Crippen LogP contribution < -0.4 is 5.73 Å². The molecule has 0 spiro atoms. The fourth-order valence-electron chi connectivity index (χ4n) is 0.558. The van der Waals surface area contributed by atoms with E-state index in [1.54, 1.807) is 0 Å². The number of rotatable bonds is 2. The molecule has 0 radical (unpaired) electrons. The van der Waals surface area contributed by atoms with Crippen molar-refractivity contribution in [3.8, 4) is 0 Å². The van der Waals surface area contributed by atoms with E-state index >= 15 is 0 Å². The fraction of sp³-hybridized carbons (Fsp3) is 0.250. The van der Waals surface area contributed by atoms with Crippen molar-refractivity contribution in [1.29, 1.82) is 0 Å². The summed E-state index contributed by atoms with van der Waals surface area (Å²) in [7, 11) is 0. The summed E-state index contributed by atoms with van der Waals surface area (Å²) < 4.78 is 21.4. The van der Waals surface area contributed by atoms with E-state index in [9.17, 15) is 8.76 Å². The van der Waals surface area contributed by atoms with Gasteiger partial charge in [0.2, 0.25) is 0 Å². The summed E-state index contributed by atoms with van der Waals surface area (Å²) in [6, 6.07) is 0. The van der Waals surface area contributed by atoms with Crippen molar-refractivity contribution in [3.63, 3.8) is 0 Å². The van der Waals surface area contributed by atoms with E-state index in [4.69, 9.17) is 5.73 Å². The zero-order chi connectivity index (χ0) is 7.56. The molecule has 0 aliphatic rings. The molecule has 0 saturated heterocycles. The van der Waals surface area contributed by atoms with Gasteiger partial charge in [-0.15, -0.1) is 0 Å². The number of aromatic nitrogens is 2. The summed E-state index contributed by atoms with van der Waals surface area (Å²) in [4.78, 5) is 0. The van der Waals surface area contributed by atoms with Gasteiger partial charge in [0, 0.05) is 6.20 Å². The Labute approximate surface area is 60.1 Å². The highest BCUT2D eigenvalue weighted by Gasteiger charge is 1.91. The summed E-state index contributed by atoms with van der Waals surface area (Å²) in [5, 5.41) is 3.65. The van der Waals surface area contributed by atoms with E-state index in [2.05, 4.69) is 5.10 Å². The lowest BCUT2D eigenvalue weighted by Crippen LogP contribution is -2.03. The topological polar surface area (TPSA) is 84.0 Å². The molecule has 1 heterocycles. The van der Waals surface area contributed by atoms with Crippen molar-refractivity contribution in [2.24, 2.45) is 0 Å². The SMILES string of the molecule is Nc1cnn(CS(=O)[O-])c1. The highest BCUT2D eigenvalue weighted by Crippen LogP contribution is 1.97. The molecule has 0 amide bonds. The van der Waals surface area contributed by atoms with Gasteiger partial charge in [-0.2, -0.15) is 5.10 Å². The van der Waals surface area contributed by atoms with Gasteiger partial charge in [0.25, 0.3) is 0 Å². The Morgan fingerprint density at radius 2 is 2.60 bits per heavy atom. The van der Waals surface area contributed by atoms with Crippen molar-refractivity contribution in [3.05, 3.63) is 12.4 Å². The maximum Gasteiger partial charge on any atom is 0.103 e. The third kappa shape index (κ3) is 1.82. The average Bonchev–Trinajstić information content (AvgIpc) is 2.13. The fourth-order valence-corrected chi connectivity index (χ4v) is 0.915. The van der Waals surface area contributed by atoms with E-state index in [1.165, 1.54) is 17.1 Å². The minimum absolute atomic E-state index is 0.142. The van der Waals surface area contributed by atoms with E-state index in [-0.39, 0.29) is 5.88 Å². The van der Waals surface area contributed by atoms with E-state index in [0.717, 1.165) is 0 Å². The number of nitrogen functional groups attached to an aromatic ring is 1. The molecule has 0 aliphatic heterocycles. The van der Waals surface area contributed by atoms with Crippen LogP contribution in [0.4, 0.5) is 5.69 Å².